The topological polar surface area (TPSA) is 56.8 Å². The Bertz CT molecular complexity index is 512. The molecule has 0 amide bonds. The molecule has 0 saturated carbocycles. The van der Waals surface area contributed by atoms with Crippen LogP contribution >= 0.6 is 0 Å². The van der Waals surface area contributed by atoms with E-state index < -0.39 is 11.7 Å². The van der Waals surface area contributed by atoms with Crippen molar-refractivity contribution in [1.29, 1.82) is 10.5 Å². The van der Waals surface area contributed by atoms with Gasteiger partial charge in [0.15, 0.2) is 0 Å². The second-order valence-electron chi connectivity index (χ2n) is 3.78. The number of nitriles is 2. The summed E-state index contributed by atoms with van der Waals surface area (Å²) in [5, 5.41) is 16.9. The zero-order chi connectivity index (χ0) is 14.3. The lowest BCUT2D eigenvalue weighted by Crippen LogP contribution is -2.09. The average Bonchev–Trinajstić information content (AvgIpc) is 2.37. The summed E-state index contributed by atoms with van der Waals surface area (Å²) < 4.78 is 43.4. The smallest absolute Gasteiger partial charge is 0.420 e. The molecule has 0 bridgehead atoms. The molecule has 1 aromatic rings. The summed E-state index contributed by atoms with van der Waals surface area (Å²) in [5.41, 5.74) is -1.02. The maximum absolute atomic E-state index is 12.8. The first-order chi connectivity index (χ1) is 8.99. The van der Waals surface area contributed by atoms with E-state index in [1.807, 2.05) is 6.07 Å². The summed E-state index contributed by atoms with van der Waals surface area (Å²) in [6, 6.07) is 6.80. The zero-order valence-electron chi connectivity index (χ0n) is 10.00. The van der Waals surface area contributed by atoms with Crippen molar-refractivity contribution in [3.05, 3.63) is 29.3 Å². The normalized spacial score (nSPS) is 10.6. The molecular formula is C13H11F3N2O. The summed E-state index contributed by atoms with van der Waals surface area (Å²) >= 11 is 0. The van der Waals surface area contributed by atoms with Gasteiger partial charge in [0, 0.05) is 6.42 Å². The van der Waals surface area contributed by atoms with Crippen LogP contribution < -0.4 is 4.74 Å². The van der Waals surface area contributed by atoms with E-state index in [-0.39, 0.29) is 17.9 Å². The van der Waals surface area contributed by atoms with Gasteiger partial charge in [-0.05, 0) is 31.0 Å². The van der Waals surface area contributed by atoms with Crippen LogP contribution in [-0.4, -0.2) is 6.61 Å². The van der Waals surface area contributed by atoms with E-state index in [1.165, 1.54) is 6.07 Å². The van der Waals surface area contributed by atoms with Crippen LogP contribution in [0.2, 0.25) is 0 Å². The monoisotopic (exact) mass is 268 g/mol. The van der Waals surface area contributed by atoms with Gasteiger partial charge in [0.1, 0.15) is 5.75 Å². The van der Waals surface area contributed by atoms with Crippen LogP contribution in [-0.2, 0) is 6.18 Å². The van der Waals surface area contributed by atoms with Crippen LogP contribution in [0.15, 0.2) is 18.2 Å². The standard InChI is InChI=1S/C13H11F3N2O/c14-13(15,16)11-8-10(9-18)4-5-12(11)19-7-3-1-2-6-17/h4-5,8H,1-3,7H2. The van der Waals surface area contributed by atoms with Gasteiger partial charge in [0.05, 0.1) is 29.9 Å². The maximum Gasteiger partial charge on any atom is 0.420 e. The minimum Gasteiger partial charge on any atom is -0.493 e. The molecule has 0 saturated heterocycles. The number of unbranched alkanes of at least 4 members (excludes halogenated alkanes) is 2. The molecule has 0 aliphatic heterocycles. The summed E-state index contributed by atoms with van der Waals surface area (Å²) in [5.74, 6) is -0.288. The van der Waals surface area contributed by atoms with Crippen LogP contribution in [0, 0.1) is 22.7 Å². The highest BCUT2D eigenvalue weighted by atomic mass is 19.4. The molecule has 0 aliphatic carbocycles. The fraction of sp³-hybridized carbons (Fsp3) is 0.385. The van der Waals surface area contributed by atoms with Crippen LogP contribution in [0.3, 0.4) is 0 Å². The molecule has 19 heavy (non-hydrogen) atoms. The SMILES string of the molecule is N#CCCCCOc1ccc(C#N)cc1C(F)(F)F. The van der Waals surface area contributed by atoms with E-state index in [0.29, 0.717) is 19.3 Å². The first kappa shape index (κ1) is 14.8. The number of hydrogen-bond donors (Lipinski definition) is 0. The molecule has 1 aromatic carbocycles. The average molecular weight is 268 g/mol. The van der Waals surface area contributed by atoms with E-state index in [2.05, 4.69) is 0 Å². The summed E-state index contributed by atoms with van der Waals surface area (Å²) in [7, 11) is 0. The third-order valence-corrected chi connectivity index (χ3v) is 2.35. The van der Waals surface area contributed by atoms with Gasteiger partial charge in [-0.1, -0.05) is 0 Å². The lowest BCUT2D eigenvalue weighted by atomic mass is 10.1. The molecule has 0 aliphatic rings. The largest absolute Gasteiger partial charge is 0.493 e. The van der Waals surface area contributed by atoms with Crippen molar-refractivity contribution in [3.8, 4) is 17.9 Å². The number of nitrogens with zero attached hydrogens (tertiary/aromatic N) is 2. The highest BCUT2D eigenvalue weighted by molar-refractivity contribution is 5.43. The quantitative estimate of drug-likeness (QED) is 0.766. The molecule has 0 heterocycles. The van der Waals surface area contributed by atoms with Crippen molar-refractivity contribution < 1.29 is 17.9 Å². The van der Waals surface area contributed by atoms with Gasteiger partial charge >= 0.3 is 6.18 Å². The Morgan fingerprint density at radius 1 is 1.16 bits per heavy atom. The lowest BCUT2D eigenvalue weighted by molar-refractivity contribution is -0.139. The fourth-order valence-electron chi connectivity index (χ4n) is 1.44. The van der Waals surface area contributed by atoms with Crippen molar-refractivity contribution in [2.45, 2.75) is 25.4 Å². The van der Waals surface area contributed by atoms with Crippen molar-refractivity contribution in [2.75, 3.05) is 6.61 Å². The lowest BCUT2D eigenvalue weighted by Gasteiger charge is -2.14. The van der Waals surface area contributed by atoms with Gasteiger partial charge in [-0.15, -0.1) is 0 Å². The molecule has 0 fully saturated rings. The third kappa shape index (κ3) is 4.51. The number of hydrogen-bond acceptors (Lipinski definition) is 3. The number of alkyl halides is 3. The predicted molar refractivity (Wildman–Crippen MR) is 61.1 cm³/mol. The Labute approximate surface area is 108 Å². The first-order valence-corrected chi connectivity index (χ1v) is 5.60. The van der Waals surface area contributed by atoms with Crippen molar-refractivity contribution in [2.24, 2.45) is 0 Å². The third-order valence-electron chi connectivity index (χ3n) is 2.35. The Kier molecular flexibility index (Phi) is 5.20. The van der Waals surface area contributed by atoms with Gasteiger partial charge in [-0.25, -0.2) is 0 Å². The van der Waals surface area contributed by atoms with Crippen LogP contribution in [0.1, 0.15) is 30.4 Å². The van der Waals surface area contributed by atoms with Crippen LogP contribution in [0.5, 0.6) is 5.75 Å². The molecule has 0 N–H and O–H groups in total. The van der Waals surface area contributed by atoms with Crippen LogP contribution in [0.25, 0.3) is 0 Å². The molecule has 0 unspecified atom stereocenters. The Morgan fingerprint density at radius 3 is 2.47 bits per heavy atom. The molecule has 0 spiro atoms. The molecule has 6 heteroatoms. The van der Waals surface area contributed by atoms with E-state index in [9.17, 15) is 13.2 Å². The Balaban J connectivity index is 2.78. The Morgan fingerprint density at radius 2 is 1.89 bits per heavy atom. The Hall–Kier alpha value is -2.21. The zero-order valence-corrected chi connectivity index (χ0v) is 10.00. The van der Waals surface area contributed by atoms with Gasteiger partial charge in [-0.3, -0.25) is 0 Å². The maximum atomic E-state index is 12.8. The molecule has 0 radical (unpaired) electrons. The number of benzene rings is 1. The highest BCUT2D eigenvalue weighted by Gasteiger charge is 2.34. The second-order valence-corrected chi connectivity index (χ2v) is 3.78. The summed E-state index contributed by atoms with van der Waals surface area (Å²) in [4.78, 5) is 0. The highest BCUT2D eigenvalue weighted by Crippen LogP contribution is 2.36. The van der Waals surface area contributed by atoms with Gasteiger partial charge in [0.25, 0.3) is 0 Å². The molecule has 0 atom stereocenters. The number of ether oxygens (including phenoxy) is 1. The van der Waals surface area contributed by atoms with Crippen molar-refractivity contribution in [3.63, 3.8) is 0 Å². The van der Waals surface area contributed by atoms with Gasteiger partial charge in [0.2, 0.25) is 0 Å². The number of rotatable bonds is 5. The fourth-order valence-corrected chi connectivity index (χ4v) is 1.44. The second kappa shape index (κ2) is 6.65. The predicted octanol–water partition coefficient (Wildman–Crippen LogP) is 3.65. The minimum absolute atomic E-state index is 0.0656. The van der Waals surface area contributed by atoms with E-state index in [0.717, 1.165) is 12.1 Å². The summed E-state index contributed by atoms with van der Waals surface area (Å²) in [6.07, 6.45) is -3.13. The molecule has 1 rings (SSSR count). The minimum atomic E-state index is -4.56. The van der Waals surface area contributed by atoms with Crippen molar-refractivity contribution in [1.82, 2.24) is 0 Å². The number of halogens is 3. The van der Waals surface area contributed by atoms with Gasteiger partial charge in [-0.2, -0.15) is 23.7 Å². The van der Waals surface area contributed by atoms with Crippen molar-refractivity contribution >= 4 is 0 Å². The van der Waals surface area contributed by atoms with Crippen LogP contribution in [0.4, 0.5) is 13.2 Å². The van der Waals surface area contributed by atoms with E-state index in [1.54, 1.807) is 6.07 Å². The van der Waals surface area contributed by atoms with Gasteiger partial charge < -0.3 is 4.74 Å². The van der Waals surface area contributed by atoms with E-state index >= 15 is 0 Å². The molecule has 0 aromatic heterocycles. The molecular weight excluding hydrogens is 257 g/mol. The molecule has 100 valence electrons. The summed E-state index contributed by atoms with van der Waals surface area (Å²) in [6.45, 7) is 0.108. The molecule has 3 nitrogen and oxygen atoms in total. The van der Waals surface area contributed by atoms with E-state index in [4.69, 9.17) is 15.3 Å². The first-order valence-electron chi connectivity index (χ1n) is 5.60.